The molecule has 4 heteroatoms. The Bertz CT molecular complexity index is 895. The first kappa shape index (κ1) is 13.1. The van der Waals surface area contributed by atoms with Crippen molar-refractivity contribution in [2.75, 3.05) is 0 Å². The van der Waals surface area contributed by atoms with E-state index in [2.05, 4.69) is 0 Å². The first-order valence-corrected chi connectivity index (χ1v) is 6.50. The van der Waals surface area contributed by atoms with Crippen molar-refractivity contribution >= 4 is 16.7 Å². The second-order valence-corrected chi connectivity index (χ2v) is 4.87. The minimum absolute atomic E-state index is 0.118. The molecule has 0 spiro atoms. The molecule has 104 valence electrons. The van der Waals surface area contributed by atoms with Crippen LogP contribution in [0.3, 0.4) is 0 Å². The van der Waals surface area contributed by atoms with Gasteiger partial charge in [-0.1, -0.05) is 36.4 Å². The van der Waals surface area contributed by atoms with Crippen LogP contribution in [0.25, 0.3) is 22.0 Å². The Hall–Kier alpha value is -2.88. The molecule has 0 fully saturated rings. The molecule has 3 aromatic rings. The van der Waals surface area contributed by atoms with Crippen LogP contribution >= 0.6 is 0 Å². The number of carboxylic acid groups (broad SMARTS) is 1. The van der Waals surface area contributed by atoms with Crippen molar-refractivity contribution in [3.8, 4) is 11.3 Å². The standard InChI is InChI=1S/C17H13NO3/c1-18-15(11-5-3-2-4-6-11)10-12-7-8-13(17(20)21)9-14(12)16(18)19/h2-10H,1H3,(H,20,21). The molecular weight excluding hydrogens is 266 g/mol. The summed E-state index contributed by atoms with van der Waals surface area (Å²) in [5, 5.41) is 10.2. The van der Waals surface area contributed by atoms with Gasteiger partial charge >= 0.3 is 5.97 Å². The molecule has 0 atom stereocenters. The minimum atomic E-state index is -1.04. The first-order valence-electron chi connectivity index (χ1n) is 6.50. The Labute approximate surface area is 120 Å². The van der Waals surface area contributed by atoms with E-state index in [9.17, 15) is 9.59 Å². The molecule has 3 rings (SSSR count). The molecule has 0 aliphatic heterocycles. The van der Waals surface area contributed by atoms with Gasteiger partial charge in [-0.05, 0) is 29.1 Å². The van der Waals surface area contributed by atoms with E-state index in [0.29, 0.717) is 5.39 Å². The van der Waals surface area contributed by atoms with E-state index in [1.54, 1.807) is 17.7 Å². The molecule has 0 amide bonds. The number of rotatable bonds is 2. The van der Waals surface area contributed by atoms with E-state index in [1.807, 2.05) is 36.4 Å². The lowest BCUT2D eigenvalue weighted by atomic mass is 10.0. The molecule has 0 unspecified atom stereocenters. The van der Waals surface area contributed by atoms with Crippen molar-refractivity contribution in [1.29, 1.82) is 0 Å². The summed E-state index contributed by atoms with van der Waals surface area (Å²) in [5.41, 5.74) is 1.67. The molecule has 0 aliphatic carbocycles. The molecule has 0 bridgehead atoms. The van der Waals surface area contributed by atoms with Crippen molar-refractivity contribution in [3.63, 3.8) is 0 Å². The Morgan fingerprint density at radius 3 is 2.43 bits per heavy atom. The molecule has 0 aliphatic rings. The van der Waals surface area contributed by atoms with Gasteiger partial charge in [-0.15, -0.1) is 0 Å². The van der Waals surface area contributed by atoms with Crippen molar-refractivity contribution in [3.05, 3.63) is 70.5 Å². The summed E-state index contributed by atoms with van der Waals surface area (Å²) >= 11 is 0. The van der Waals surface area contributed by atoms with Crippen molar-refractivity contribution in [2.24, 2.45) is 7.05 Å². The first-order chi connectivity index (χ1) is 10.1. The number of hydrogen-bond acceptors (Lipinski definition) is 2. The number of benzene rings is 2. The van der Waals surface area contributed by atoms with Gasteiger partial charge in [-0.25, -0.2) is 4.79 Å². The predicted molar refractivity (Wildman–Crippen MR) is 81.6 cm³/mol. The third kappa shape index (κ3) is 2.21. The Balaban J connectivity index is 2.32. The average Bonchev–Trinajstić information content (AvgIpc) is 2.51. The lowest BCUT2D eigenvalue weighted by molar-refractivity contribution is 0.0697. The van der Waals surface area contributed by atoms with Crippen LogP contribution in [0.5, 0.6) is 0 Å². The zero-order chi connectivity index (χ0) is 15.0. The smallest absolute Gasteiger partial charge is 0.335 e. The van der Waals surface area contributed by atoms with E-state index < -0.39 is 5.97 Å². The van der Waals surface area contributed by atoms with E-state index >= 15 is 0 Å². The van der Waals surface area contributed by atoms with Gasteiger partial charge in [-0.2, -0.15) is 0 Å². The molecule has 21 heavy (non-hydrogen) atoms. The molecule has 0 saturated carbocycles. The Kier molecular flexibility index (Phi) is 3.06. The summed E-state index contributed by atoms with van der Waals surface area (Å²) in [6.07, 6.45) is 0. The molecule has 1 N–H and O–H groups in total. The van der Waals surface area contributed by atoms with Gasteiger partial charge in [0, 0.05) is 12.4 Å². The van der Waals surface area contributed by atoms with E-state index in [1.165, 1.54) is 12.1 Å². The fourth-order valence-electron chi connectivity index (χ4n) is 2.42. The number of aromatic carboxylic acids is 1. The fraction of sp³-hybridized carbons (Fsp3) is 0.0588. The minimum Gasteiger partial charge on any atom is -0.478 e. The molecule has 4 nitrogen and oxygen atoms in total. The van der Waals surface area contributed by atoms with Gasteiger partial charge in [0.05, 0.1) is 11.3 Å². The topological polar surface area (TPSA) is 59.3 Å². The summed E-state index contributed by atoms with van der Waals surface area (Å²) in [5.74, 6) is -1.04. The highest BCUT2D eigenvalue weighted by atomic mass is 16.4. The molecule has 1 heterocycles. The van der Waals surface area contributed by atoms with Crippen molar-refractivity contribution in [2.45, 2.75) is 0 Å². The molecule has 0 saturated heterocycles. The second-order valence-electron chi connectivity index (χ2n) is 4.87. The van der Waals surface area contributed by atoms with Gasteiger partial charge in [0.2, 0.25) is 0 Å². The van der Waals surface area contributed by atoms with Gasteiger partial charge < -0.3 is 9.67 Å². The monoisotopic (exact) mass is 279 g/mol. The van der Waals surface area contributed by atoms with Gasteiger partial charge in [0.15, 0.2) is 0 Å². The maximum atomic E-state index is 12.5. The average molecular weight is 279 g/mol. The maximum Gasteiger partial charge on any atom is 0.335 e. The summed E-state index contributed by atoms with van der Waals surface area (Å²) < 4.78 is 1.54. The Morgan fingerprint density at radius 2 is 1.76 bits per heavy atom. The summed E-state index contributed by atoms with van der Waals surface area (Å²) in [7, 11) is 1.69. The molecular formula is C17H13NO3. The number of pyridine rings is 1. The molecule has 1 aromatic heterocycles. The van der Waals surface area contributed by atoms with Crippen molar-refractivity contribution < 1.29 is 9.90 Å². The zero-order valence-electron chi connectivity index (χ0n) is 11.4. The number of carbonyl (C=O) groups is 1. The number of carboxylic acids is 1. The van der Waals surface area contributed by atoms with E-state index in [4.69, 9.17) is 5.11 Å². The number of aromatic nitrogens is 1. The van der Waals surface area contributed by atoms with Gasteiger partial charge in [0.25, 0.3) is 5.56 Å². The number of fused-ring (bicyclic) bond motifs is 1. The van der Waals surface area contributed by atoms with E-state index in [-0.39, 0.29) is 11.1 Å². The van der Waals surface area contributed by atoms with Crippen LogP contribution in [0.4, 0.5) is 0 Å². The molecule has 2 aromatic carbocycles. The normalized spacial score (nSPS) is 10.7. The summed E-state index contributed by atoms with van der Waals surface area (Å²) in [6.45, 7) is 0. The van der Waals surface area contributed by atoms with Gasteiger partial charge in [-0.3, -0.25) is 4.79 Å². The van der Waals surface area contributed by atoms with Crippen LogP contribution in [-0.2, 0) is 7.05 Å². The largest absolute Gasteiger partial charge is 0.478 e. The quantitative estimate of drug-likeness (QED) is 0.784. The second kappa shape index (κ2) is 4.90. The fourth-order valence-corrected chi connectivity index (χ4v) is 2.42. The number of hydrogen-bond donors (Lipinski definition) is 1. The number of nitrogens with zero attached hydrogens (tertiary/aromatic N) is 1. The van der Waals surface area contributed by atoms with Crippen molar-refractivity contribution in [1.82, 2.24) is 4.57 Å². The van der Waals surface area contributed by atoms with Crippen LogP contribution in [0.1, 0.15) is 10.4 Å². The third-order valence-electron chi connectivity index (χ3n) is 3.56. The highest BCUT2D eigenvalue weighted by Crippen LogP contribution is 2.22. The highest BCUT2D eigenvalue weighted by molar-refractivity contribution is 5.95. The van der Waals surface area contributed by atoms with Crippen LogP contribution in [0.15, 0.2) is 59.4 Å². The zero-order valence-corrected chi connectivity index (χ0v) is 11.4. The van der Waals surface area contributed by atoms with Crippen LogP contribution < -0.4 is 5.56 Å². The van der Waals surface area contributed by atoms with Crippen LogP contribution in [0.2, 0.25) is 0 Å². The highest BCUT2D eigenvalue weighted by Gasteiger charge is 2.10. The predicted octanol–water partition coefficient (Wildman–Crippen LogP) is 2.90. The summed E-state index contributed by atoms with van der Waals surface area (Å²) in [4.78, 5) is 23.5. The van der Waals surface area contributed by atoms with Gasteiger partial charge in [0.1, 0.15) is 0 Å². The lowest BCUT2D eigenvalue weighted by Gasteiger charge is -2.10. The molecule has 0 radical (unpaired) electrons. The lowest BCUT2D eigenvalue weighted by Crippen LogP contribution is -2.18. The van der Waals surface area contributed by atoms with Crippen LogP contribution in [0, 0.1) is 0 Å². The SMILES string of the molecule is Cn1c(-c2ccccc2)cc2ccc(C(=O)O)cc2c1=O. The Morgan fingerprint density at radius 1 is 1.05 bits per heavy atom. The maximum absolute atomic E-state index is 12.5. The van der Waals surface area contributed by atoms with E-state index in [0.717, 1.165) is 16.6 Å². The summed E-state index contributed by atoms with van der Waals surface area (Å²) in [6, 6.07) is 16.1. The van der Waals surface area contributed by atoms with Crippen LogP contribution in [-0.4, -0.2) is 15.6 Å². The third-order valence-corrected chi connectivity index (χ3v) is 3.56.